The zero-order chi connectivity index (χ0) is 29.9. The summed E-state index contributed by atoms with van der Waals surface area (Å²) >= 11 is 0. The number of furan rings is 1. The van der Waals surface area contributed by atoms with Gasteiger partial charge in [-0.3, -0.25) is 9.59 Å². The van der Waals surface area contributed by atoms with Crippen LogP contribution in [-0.4, -0.2) is 51.2 Å². The fourth-order valence-electron chi connectivity index (χ4n) is 5.47. The van der Waals surface area contributed by atoms with Crippen molar-refractivity contribution < 1.29 is 23.2 Å². The van der Waals surface area contributed by atoms with Gasteiger partial charge < -0.3 is 18.5 Å². The van der Waals surface area contributed by atoms with Gasteiger partial charge in [0.05, 0.1) is 19.3 Å². The molecule has 1 aliphatic heterocycles. The van der Waals surface area contributed by atoms with Gasteiger partial charge in [0.25, 0.3) is 0 Å². The number of fused-ring (bicyclic) bond motifs is 3. The number of para-hydroxylation sites is 1. The average Bonchev–Trinajstić information content (AvgIpc) is 3.35. The number of ether oxygens (including phenoxy) is 1. The summed E-state index contributed by atoms with van der Waals surface area (Å²) in [4.78, 5) is 28.7. The summed E-state index contributed by atoms with van der Waals surface area (Å²) in [5, 5.41) is 1.83. The van der Waals surface area contributed by atoms with E-state index >= 15 is 0 Å². The molecule has 222 valence electrons. The van der Waals surface area contributed by atoms with Gasteiger partial charge in [-0.2, -0.15) is 0 Å². The molecular weight excluding hydrogens is 542 g/mol. The largest absolute Gasteiger partial charge is 0.456 e. The van der Waals surface area contributed by atoms with Gasteiger partial charge in [0.15, 0.2) is 14.1 Å². The van der Waals surface area contributed by atoms with Crippen molar-refractivity contribution in [2.75, 3.05) is 26.3 Å². The Bertz CT molecular complexity index is 1550. The minimum absolute atomic E-state index is 0.0380. The number of carbonyl (C=O) groups excluding carboxylic acids is 2. The van der Waals surface area contributed by atoms with Crippen molar-refractivity contribution in [2.45, 2.75) is 70.7 Å². The molecule has 7 heteroatoms. The second-order valence-electron chi connectivity index (χ2n) is 12.8. The molecule has 4 aromatic rings. The minimum atomic E-state index is -2.14. The molecule has 1 fully saturated rings. The summed E-state index contributed by atoms with van der Waals surface area (Å²) in [7, 11) is -2.14. The van der Waals surface area contributed by atoms with Crippen molar-refractivity contribution in [3.05, 3.63) is 83.4 Å². The van der Waals surface area contributed by atoms with Crippen LogP contribution in [0.1, 0.15) is 67.6 Å². The number of rotatable bonds is 10. The smallest absolute Gasteiger partial charge is 0.222 e. The summed E-state index contributed by atoms with van der Waals surface area (Å²) < 4.78 is 18.6. The van der Waals surface area contributed by atoms with Gasteiger partial charge in [0.1, 0.15) is 11.2 Å². The summed E-state index contributed by atoms with van der Waals surface area (Å²) in [6.07, 6.45) is 1.52. The zero-order valence-electron chi connectivity index (χ0n) is 25.6. The number of nitrogens with zero attached hydrogens (tertiary/aromatic N) is 1. The van der Waals surface area contributed by atoms with Gasteiger partial charge >= 0.3 is 0 Å². The first-order valence-electron chi connectivity index (χ1n) is 15.1. The molecule has 1 amide bonds. The van der Waals surface area contributed by atoms with Crippen LogP contribution in [0.15, 0.2) is 71.1 Å². The van der Waals surface area contributed by atoms with Crippen LogP contribution in [0.5, 0.6) is 0 Å². The van der Waals surface area contributed by atoms with Crippen LogP contribution < -0.4 is 0 Å². The molecular formula is C35H43NO5Si. The van der Waals surface area contributed by atoms with Crippen molar-refractivity contribution in [1.29, 1.82) is 0 Å². The molecule has 0 radical (unpaired) electrons. The maximum Gasteiger partial charge on any atom is 0.222 e. The SMILES string of the molecule is CC(C)(C)[Si](C)(C)OC(Cc1ccc2oc3ccccc3c2c1C(=O)CCCC(=O)N1CCOCC1)c1ccccc1. The molecule has 1 aromatic heterocycles. The van der Waals surface area contributed by atoms with E-state index in [9.17, 15) is 9.59 Å². The first-order chi connectivity index (χ1) is 20.0. The van der Waals surface area contributed by atoms with Crippen LogP contribution in [0, 0.1) is 0 Å². The normalized spacial score (nSPS) is 15.3. The first kappa shape index (κ1) is 30.2. The Morgan fingerprint density at radius 3 is 2.31 bits per heavy atom. The molecule has 42 heavy (non-hydrogen) atoms. The molecule has 6 nitrogen and oxygen atoms in total. The van der Waals surface area contributed by atoms with E-state index in [1.165, 1.54) is 0 Å². The number of hydrogen-bond acceptors (Lipinski definition) is 5. The molecule has 5 rings (SSSR count). The zero-order valence-corrected chi connectivity index (χ0v) is 26.6. The van der Waals surface area contributed by atoms with Crippen LogP contribution in [0.25, 0.3) is 21.9 Å². The summed E-state index contributed by atoms with van der Waals surface area (Å²) in [5.74, 6) is 0.126. The highest BCUT2D eigenvalue weighted by atomic mass is 28.4. The van der Waals surface area contributed by atoms with E-state index in [0.717, 1.165) is 27.5 Å². The Balaban J connectivity index is 1.50. The third-order valence-electron chi connectivity index (χ3n) is 8.89. The van der Waals surface area contributed by atoms with Crippen LogP contribution in [0.3, 0.4) is 0 Å². The average molecular weight is 586 g/mol. The second-order valence-corrected chi connectivity index (χ2v) is 17.6. The third kappa shape index (κ3) is 6.53. The first-order valence-corrected chi connectivity index (χ1v) is 18.0. The fraction of sp³-hybridized carbons (Fsp3) is 0.429. The molecule has 0 spiro atoms. The minimum Gasteiger partial charge on any atom is -0.456 e. The number of ketones is 1. The number of morpholine rings is 1. The molecule has 0 aliphatic carbocycles. The fourth-order valence-corrected chi connectivity index (χ4v) is 6.76. The number of Topliss-reactive ketones (excluding diaryl/α,β-unsaturated/α-hetero) is 1. The van der Waals surface area contributed by atoms with Gasteiger partial charge in [-0.15, -0.1) is 0 Å². The molecule has 0 N–H and O–H groups in total. The summed E-state index contributed by atoms with van der Waals surface area (Å²) in [6, 6.07) is 22.2. The highest BCUT2D eigenvalue weighted by molar-refractivity contribution is 6.74. The maximum atomic E-state index is 14.1. The third-order valence-corrected chi connectivity index (χ3v) is 13.4. The molecule has 1 aliphatic rings. The number of hydrogen-bond donors (Lipinski definition) is 0. The Morgan fingerprint density at radius 1 is 0.905 bits per heavy atom. The summed E-state index contributed by atoms with van der Waals surface area (Å²) in [5.41, 5.74) is 4.21. The van der Waals surface area contributed by atoms with Crippen molar-refractivity contribution in [3.8, 4) is 0 Å². The van der Waals surface area contributed by atoms with E-state index in [0.29, 0.717) is 63.1 Å². The van der Waals surface area contributed by atoms with Crippen LogP contribution >= 0.6 is 0 Å². The topological polar surface area (TPSA) is 69.0 Å². The molecule has 3 aromatic carbocycles. The summed E-state index contributed by atoms with van der Waals surface area (Å²) in [6.45, 7) is 13.7. The maximum absolute atomic E-state index is 14.1. The Labute approximate surface area is 250 Å². The van der Waals surface area contributed by atoms with E-state index in [1.807, 2.05) is 59.5 Å². The molecule has 1 unspecified atom stereocenters. The van der Waals surface area contributed by atoms with Gasteiger partial charge in [-0.05, 0) is 47.8 Å². The number of amides is 1. The lowest BCUT2D eigenvalue weighted by molar-refractivity contribution is -0.135. The van der Waals surface area contributed by atoms with Crippen molar-refractivity contribution >= 4 is 41.9 Å². The lowest BCUT2D eigenvalue weighted by atomic mass is 9.90. The Hall–Kier alpha value is -3.26. The molecule has 0 bridgehead atoms. The predicted molar refractivity (Wildman–Crippen MR) is 170 cm³/mol. The number of benzene rings is 3. The van der Waals surface area contributed by atoms with Crippen LogP contribution in [0.4, 0.5) is 0 Å². The quantitative estimate of drug-likeness (QED) is 0.139. The van der Waals surface area contributed by atoms with E-state index in [1.54, 1.807) is 0 Å². The van der Waals surface area contributed by atoms with Crippen molar-refractivity contribution in [2.24, 2.45) is 0 Å². The van der Waals surface area contributed by atoms with E-state index in [-0.39, 0.29) is 22.8 Å². The lowest BCUT2D eigenvalue weighted by Crippen LogP contribution is -2.42. The van der Waals surface area contributed by atoms with Crippen molar-refractivity contribution in [1.82, 2.24) is 4.90 Å². The Kier molecular flexibility index (Phi) is 9.02. The van der Waals surface area contributed by atoms with E-state index in [4.69, 9.17) is 13.6 Å². The van der Waals surface area contributed by atoms with E-state index in [2.05, 4.69) is 46.0 Å². The van der Waals surface area contributed by atoms with Gasteiger partial charge in [0, 0.05) is 48.7 Å². The predicted octanol–water partition coefficient (Wildman–Crippen LogP) is 8.10. The van der Waals surface area contributed by atoms with Crippen molar-refractivity contribution in [3.63, 3.8) is 0 Å². The monoisotopic (exact) mass is 585 g/mol. The molecule has 1 saturated heterocycles. The lowest BCUT2D eigenvalue weighted by Gasteiger charge is -2.39. The van der Waals surface area contributed by atoms with Crippen LogP contribution in [0.2, 0.25) is 18.1 Å². The standard InChI is InChI=1S/C35H43NO5Si/c1-35(2,3)42(4,5)41-31(25-12-7-6-8-13-25)24-26-18-19-30-34(27-14-9-10-16-29(27)40-30)33(26)28(37)15-11-17-32(38)36-20-22-39-23-21-36/h6-10,12-14,16,18-19,31H,11,15,17,20-24H2,1-5H3. The van der Waals surface area contributed by atoms with Crippen LogP contribution in [-0.2, 0) is 20.4 Å². The van der Waals surface area contributed by atoms with Gasteiger partial charge in [-0.25, -0.2) is 0 Å². The molecule has 0 saturated carbocycles. The highest BCUT2D eigenvalue weighted by Crippen LogP contribution is 2.42. The molecule has 1 atom stereocenters. The molecule has 2 heterocycles. The Morgan fingerprint density at radius 2 is 1.60 bits per heavy atom. The highest BCUT2D eigenvalue weighted by Gasteiger charge is 2.39. The van der Waals surface area contributed by atoms with Gasteiger partial charge in [0.2, 0.25) is 5.91 Å². The van der Waals surface area contributed by atoms with E-state index < -0.39 is 8.32 Å². The number of carbonyl (C=O) groups is 2. The van der Waals surface area contributed by atoms with Gasteiger partial charge in [-0.1, -0.05) is 75.4 Å². The second kappa shape index (κ2) is 12.5.